The van der Waals surface area contributed by atoms with E-state index >= 15 is 0 Å². The summed E-state index contributed by atoms with van der Waals surface area (Å²) in [6, 6.07) is 4.21. The number of hydrogen-bond acceptors (Lipinski definition) is 8. The van der Waals surface area contributed by atoms with Crippen LogP contribution in [-0.4, -0.2) is 44.2 Å². The number of rotatable bonds is 8. The number of benzene rings is 1. The molecule has 0 bridgehead atoms. The minimum absolute atomic E-state index is 0.00824. The lowest BCUT2D eigenvalue weighted by Crippen LogP contribution is -2.25. The van der Waals surface area contributed by atoms with Gasteiger partial charge in [0.15, 0.2) is 5.84 Å². The average molecular weight is 397 g/mol. The number of hydrogen-bond donors (Lipinski definition) is 3. The van der Waals surface area contributed by atoms with Gasteiger partial charge in [0.25, 0.3) is 5.88 Å². The summed E-state index contributed by atoms with van der Waals surface area (Å²) in [6.45, 7) is 0.257. The van der Waals surface area contributed by atoms with Gasteiger partial charge in [-0.25, -0.2) is 9.02 Å². The minimum atomic E-state index is -2.51. The lowest BCUT2D eigenvalue weighted by molar-refractivity contribution is 0.232. The first kappa shape index (κ1) is 19.2. The number of nitrogens with one attached hydrogen (secondary N) is 2. The van der Waals surface area contributed by atoms with Gasteiger partial charge in [0, 0.05) is 21.7 Å². The molecule has 1 aromatic carbocycles. The highest BCUT2D eigenvalue weighted by molar-refractivity contribution is 7.91. The second-order valence-corrected chi connectivity index (χ2v) is 8.75. The Bertz CT molecular complexity index is 944. The molecule has 3 N–H and O–H groups in total. The molecule has 1 aromatic heterocycles. The smallest absolute Gasteiger partial charge is 0.287 e. The summed E-state index contributed by atoms with van der Waals surface area (Å²) in [5.41, 5.74) is 3.81. The van der Waals surface area contributed by atoms with Gasteiger partial charge in [-0.05, 0) is 52.8 Å². The lowest BCUT2D eigenvalue weighted by atomic mass is 9.83. The zero-order valence-electron chi connectivity index (χ0n) is 14.6. The number of fused-ring (bicyclic) bond motifs is 1. The van der Waals surface area contributed by atoms with Crippen molar-refractivity contribution in [3.63, 3.8) is 0 Å². The van der Waals surface area contributed by atoms with Crippen molar-refractivity contribution in [2.24, 2.45) is 4.99 Å². The van der Waals surface area contributed by atoms with Crippen LogP contribution in [0.15, 0.2) is 27.8 Å². The molecule has 1 aliphatic rings. The first-order chi connectivity index (χ1) is 12.9. The average Bonchev–Trinajstić information content (AvgIpc) is 3.05. The van der Waals surface area contributed by atoms with E-state index in [2.05, 4.69) is 19.9 Å². The molecule has 0 aliphatic heterocycles. The molecule has 0 radical (unpaired) electrons. The molecular formula is C16H20FN5O4S. The molecule has 0 saturated carbocycles. The van der Waals surface area contributed by atoms with Gasteiger partial charge in [0.05, 0.1) is 12.6 Å². The van der Waals surface area contributed by atoms with Crippen LogP contribution in [0.5, 0.6) is 5.88 Å². The summed E-state index contributed by atoms with van der Waals surface area (Å²) in [4.78, 5) is 4.35. The Kier molecular flexibility index (Phi) is 5.71. The van der Waals surface area contributed by atoms with E-state index in [0.717, 1.165) is 11.1 Å². The van der Waals surface area contributed by atoms with Crippen LogP contribution in [0, 0.1) is 10.6 Å². The van der Waals surface area contributed by atoms with Crippen molar-refractivity contribution >= 4 is 15.6 Å². The zero-order chi connectivity index (χ0) is 19.4. The molecule has 11 heteroatoms. The molecule has 2 atom stereocenters. The highest BCUT2D eigenvalue weighted by Crippen LogP contribution is 2.37. The number of ether oxygens (including phenoxy) is 1. The minimum Gasteiger partial charge on any atom is -0.474 e. The maximum absolute atomic E-state index is 13.4. The molecule has 0 fully saturated rings. The van der Waals surface area contributed by atoms with Crippen LogP contribution in [0.25, 0.3) is 0 Å². The first-order valence-corrected chi connectivity index (χ1v) is 10.4. The van der Waals surface area contributed by atoms with Crippen molar-refractivity contribution in [1.29, 1.82) is 4.78 Å². The maximum Gasteiger partial charge on any atom is 0.287 e. The second-order valence-electron chi connectivity index (χ2n) is 6.34. The fourth-order valence-corrected chi connectivity index (χ4v) is 3.49. The standard InChI is InChI=1S/C16H20FN5O4S/c1-27(18,24)7-3-2-6-25-16-14(21-26-22-16)15(20-23)19-13-8-10-4-5-11(17)9-12(10)13/h4-5,9,13,18,23H,2-3,6-8H2,1H3,(H,19,20)/t13-,27?/m0/s1. The zero-order valence-corrected chi connectivity index (χ0v) is 15.5. The summed E-state index contributed by atoms with van der Waals surface area (Å²) in [5, 5.41) is 16.8. The van der Waals surface area contributed by atoms with Crippen LogP contribution in [0.4, 0.5) is 4.39 Å². The molecule has 27 heavy (non-hydrogen) atoms. The van der Waals surface area contributed by atoms with Gasteiger partial charge < -0.3 is 4.74 Å². The SMILES string of the molecule is CS(=N)(=O)CCCCOc1nonc1C(=N[C@H]1Cc2ccc(F)cc21)NO. The fraction of sp³-hybridized carbons (Fsp3) is 0.438. The third-order valence-electron chi connectivity index (χ3n) is 4.12. The number of nitrogens with zero attached hydrogens (tertiary/aromatic N) is 3. The molecule has 1 unspecified atom stereocenters. The molecule has 3 rings (SSSR count). The molecule has 9 nitrogen and oxygen atoms in total. The van der Waals surface area contributed by atoms with Gasteiger partial charge in [-0.1, -0.05) is 6.07 Å². The van der Waals surface area contributed by atoms with Crippen LogP contribution in [0.2, 0.25) is 0 Å². The van der Waals surface area contributed by atoms with E-state index in [4.69, 9.17) is 9.52 Å². The number of aromatic nitrogens is 2. The summed E-state index contributed by atoms with van der Waals surface area (Å²) >= 11 is 0. The third kappa shape index (κ3) is 4.80. The van der Waals surface area contributed by atoms with E-state index < -0.39 is 9.73 Å². The Morgan fingerprint density at radius 2 is 2.33 bits per heavy atom. The van der Waals surface area contributed by atoms with Crippen LogP contribution >= 0.6 is 0 Å². The van der Waals surface area contributed by atoms with E-state index in [0.29, 0.717) is 25.0 Å². The summed E-state index contributed by atoms with van der Waals surface area (Å²) < 4.78 is 42.2. The summed E-state index contributed by atoms with van der Waals surface area (Å²) in [5.74, 6) is 0.0112. The second kappa shape index (κ2) is 8.01. The number of amidine groups is 1. The number of aliphatic imine (C=N–C) groups is 1. The van der Waals surface area contributed by atoms with Gasteiger partial charge in [0.2, 0.25) is 5.69 Å². The Morgan fingerprint density at radius 1 is 1.52 bits per heavy atom. The highest BCUT2D eigenvalue weighted by atomic mass is 32.2. The molecule has 0 amide bonds. The van der Waals surface area contributed by atoms with Gasteiger partial charge in [-0.2, -0.15) is 0 Å². The molecular weight excluding hydrogens is 377 g/mol. The van der Waals surface area contributed by atoms with Gasteiger partial charge >= 0.3 is 0 Å². The molecule has 0 saturated heterocycles. The molecule has 146 valence electrons. The van der Waals surface area contributed by atoms with Crippen LogP contribution in [0.1, 0.15) is 35.7 Å². The molecule has 1 aliphatic carbocycles. The predicted molar refractivity (Wildman–Crippen MR) is 95.0 cm³/mol. The van der Waals surface area contributed by atoms with E-state index in [9.17, 15) is 13.8 Å². The Hall–Kier alpha value is -2.53. The van der Waals surface area contributed by atoms with Crippen molar-refractivity contribution in [2.45, 2.75) is 25.3 Å². The Balaban J connectivity index is 1.64. The molecule has 1 heterocycles. The predicted octanol–water partition coefficient (Wildman–Crippen LogP) is 2.07. The van der Waals surface area contributed by atoms with Gasteiger partial charge in [-0.15, -0.1) is 0 Å². The topological polar surface area (TPSA) is 134 Å². The van der Waals surface area contributed by atoms with Crippen molar-refractivity contribution < 1.29 is 23.2 Å². The van der Waals surface area contributed by atoms with Crippen molar-refractivity contribution in [3.8, 4) is 5.88 Å². The van der Waals surface area contributed by atoms with Gasteiger partial charge in [-0.3, -0.25) is 24.7 Å². The Labute approximate surface area is 155 Å². The summed E-state index contributed by atoms with van der Waals surface area (Å²) in [6.07, 6.45) is 3.16. The third-order valence-corrected chi connectivity index (χ3v) is 5.19. The first-order valence-electron chi connectivity index (χ1n) is 8.31. The largest absolute Gasteiger partial charge is 0.474 e. The highest BCUT2D eigenvalue weighted by Gasteiger charge is 2.28. The van der Waals surface area contributed by atoms with E-state index in [1.807, 2.05) is 5.48 Å². The number of unbranched alkanes of at least 4 members (excludes halogenated alkanes) is 1. The van der Waals surface area contributed by atoms with E-state index in [-0.39, 0.29) is 35.9 Å². The number of hydroxylamine groups is 1. The quantitative estimate of drug-likeness (QED) is 0.269. The van der Waals surface area contributed by atoms with Crippen LogP contribution < -0.4 is 10.2 Å². The molecule has 0 spiro atoms. The Morgan fingerprint density at radius 3 is 3.07 bits per heavy atom. The van der Waals surface area contributed by atoms with Gasteiger partial charge in [0.1, 0.15) is 5.82 Å². The monoisotopic (exact) mass is 397 g/mol. The van der Waals surface area contributed by atoms with Crippen LogP contribution in [-0.2, 0) is 16.1 Å². The van der Waals surface area contributed by atoms with E-state index in [1.54, 1.807) is 6.07 Å². The van der Waals surface area contributed by atoms with Crippen molar-refractivity contribution in [2.75, 3.05) is 18.6 Å². The summed E-state index contributed by atoms with van der Waals surface area (Å²) in [7, 11) is -2.51. The van der Waals surface area contributed by atoms with E-state index in [1.165, 1.54) is 18.4 Å². The molecule has 2 aromatic rings. The fourth-order valence-electron chi connectivity index (χ4n) is 2.73. The van der Waals surface area contributed by atoms with Crippen molar-refractivity contribution in [1.82, 2.24) is 15.8 Å². The lowest BCUT2D eigenvalue weighted by Gasteiger charge is -2.27. The normalized spacial score (nSPS) is 18.3. The maximum atomic E-state index is 13.4. The van der Waals surface area contributed by atoms with Crippen LogP contribution in [0.3, 0.4) is 0 Å². The number of halogens is 1. The van der Waals surface area contributed by atoms with Crippen molar-refractivity contribution in [3.05, 3.63) is 40.8 Å².